The van der Waals surface area contributed by atoms with E-state index >= 15 is 0 Å². The molecule has 2 aromatic rings. The molecular weight excluding hydrogens is 471 g/mol. The Morgan fingerprint density at radius 1 is 1.15 bits per heavy atom. The van der Waals surface area contributed by atoms with E-state index in [-0.39, 0.29) is 23.2 Å². The second kappa shape index (κ2) is 10.4. The third-order valence-electron chi connectivity index (χ3n) is 5.00. The zero-order valence-corrected chi connectivity index (χ0v) is 21.2. The Hall–Kier alpha value is -2.55. The molecule has 188 valence electrons. The van der Waals surface area contributed by atoms with Gasteiger partial charge in [-0.3, -0.25) is 0 Å². The third-order valence-corrected chi connectivity index (χ3v) is 5.30. The molecular formula is C24H31ClF3N3O3. The number of halogens is 4. The number of ether oxygens (including phenoxy) is 2. The highest BCUT2D eigenvalue weighted by atomic mass is 35.5. The summed E-state index contributed by atoms with van der Waals surface area (Å²) in [5.41, 5.74) is -0.866. The lowest BCUT2D eigenvalue weighted by Gasteiger charge is -2.40. The minimum atomic E-state index is -4.65. The first-order valence-electron chi connectivity index (χ1n) is 10.8. The van der Waals surface area contributed by atoms with Gasteiger partial charge in [-0.05, 0) is 64.3 Å². The molecule has 0 aliphatic heterocycles. The molecule has 0 bridgehead atoms. The first-order valence-corrected chi connectivity index (χ1v) is 11.2. The number of aromatic nitrogens is 2. The van der Waals surface area contributed by atoms with Crippen molar-refractivity contribution in [1.29, 1.82) is 0 Å². The van der Waals surface area contributed by atoms with Crippen LogP contribution in [0.1, 0.15) is 53.8 Å². The molecule has 2 rings (SSSR count). The van der Waals surface area contributed by atoms with Crippen molar-refractivity contribution in [1.82, 2.24) is 14.9 Å². The summed E-state index contributed by atoms with van der Waals surface area (Å²) in [6.07, 6.45) is -3.43. The number of carbonyl (C=O) groups excluding carboxylic acids is 1. The first kappa shape index (κ1) is 27.7. The van der Waals surface area contributed by atoms with E-state index in [1.54, 1.807) is 40.0 Å². The van der Waals surface area contributed by atoms with Crippen molar-refractivity contribution in [2.75, 3.05) is 13.7 Å². The summed E-state index contributed by atoms with van der Waals surface area (Å²) >= 11 is 6.38. The number of nitrogens with zero attached hydrogens (tertiary/aromatic N) is 3. The van der Waals surface area contributed by atoms with Gasteiger partial charge in [0.2, 0.25) is 5.82 Å². The van der Waals surface area contributed by atoms with Crippen LogP contribution >= 0.6 is 11.6 Å². The van der Waals surface area contributed by atoms with E-state index in [0.717, 1.165) is 6.20 Å². The van der Waals surface area contributed by atoms with E-state index in [9.17, 15) is 18.0 Å². The van der Waals surface area contributed by atoms with Crippen LogP contribution in [0.3, 0.4) is 0 Å². The minimum absolute atomic E-state index is 0.0880. The van der Waals surface area contributed by atoms with Gasteiger partial charge in [0, 0.05) is 18.8 Å². The first-order chi connectivity index (χ1) is 15.5. The van der Waals surface area contributed by atoms with Gasteiger partial charge >= 0.3 is 12.3 Å². The molecule has 1 amide bonds. The second-order valence-electron chi connectivity index (χ2n) is 9.83. The van der Waals surface area contributed by atoms with E-state index < -0.39 is 29.2 Å². The third kappa shape index (κ3) is 7.48. The standard InChI is InChI=1S/C24H31ClF3N3O3/c1-15(2)13-23(6,31(7)21(32)34-22(3,4)5)14-33-19-9-8-16(12-17(19)25)18-10-11-29-20(30-18)24(26,27)28/h8-12,15H,13-14H2,1-7H3/t23-/m0/s1. The Kier molecular flexibility index (Phi) is 8.45. The molecule has 0 unspecified atom stereocenters. The molecule has 34 heavy (non-hydrogen) atoms. The fourth-order valence-electron chi connectivity index (χ4n) is 3.39. The average Bonchev–Trinajstić information content (AvgIpc) is 2.70. The highest BCUT2D eigenvalue weighted by Gasteiger charge is 2.37. The molecule has 1 aromatic heterocycles. The lowest BCUT2D eigenvalue weighted by Crippen LogP contribution is -2.53. The highest BCUT2D eigenvalue weighted by Crippen LogP contribution is 2.33. The summed E-state index contributed by atoms with van der Waals surface area (Å²) < 4.78 is 50.3. The van der Waals surface area contributed by atoms with Crippen LogP contribution < -0.4 is 4.74 Å². The van der Waals surface area contributed by atoms with Crippen molar-refractivity contribution in [3.8, 4) is 17.0 Å². The Labute approximate surface area is 203 Å². The Morgan fingerprint density at radius 2 is 1.79 bits per heavy atom. The molecule has 10 heteroatoms. The van der Waals surface area contributed by atoms with Gasteiger partial charge in [0.15, 0.2) is 0 Å². The second-order valence-corrected chi connectivity index (χ2v) is 10.2. The van der Waals surface area contributed by atoms with Crippen LogP contribution in [0.2, 0.25) is 5.02 Å². The molecule has 0 saturated carbocycles. The van der Waals surface area contributed by atoms with Gasteiger partial charge < -0.3 is 14.4 Å². The molecule has 0 N–H and O–H groups in total. The summed E-state index contributed by atoms with van der Waals surface area (Å²) in [6, 6.07) is 5.99. The number of hydrogen-bond acceptors (Lipinski definition) is 5. The van der Waals surface area contributed by atoms with E-state index in [0.29, 0.717) is 17.7 Å². The van der Waals surface area contributed by atoms with E-state index in [1.165, 1.54) is 17.0 Å². The Bertz CT molecular complexity index is 1010. The fraction of sp³-hybridized carbons (Fsp3) is 0.542. The molecule has 0 saturated heterocycles. The number of amides is 1. The van der Waals surface area contributed by atoms with Gasteiger partial charge in [-0.2, -0.15) is 13.2 Å². The summed E-state index contributed by atoms with van der Waals surface area (Å²) in [5.74, 6) is -0.629. The number of alkyl halides is 3. The molecule has 1 atom stereocenters. The van der Waals surface area contributed by atoms with Crippen LogP contribution in [0.15, 0.2) is 30.5 Å². The Morgan fingerprint density at radius 3 is 2.32 bits per heavy atom. The van der Waals surface area contributed by atoms with Crippen LogP contribution in [-0.4, -0.2) is 45.8 Å². The fourth-order valence-corrected chi connectivity index (χ4v) is 3.62. The van der Waals surface area contributed by atoms with E-state index in [1.807, 2.05) is 20.8 Å². The Balaban J connectivity index is 2.24. The lowest BCUT2D eigenvalue weighted by molar-refractivity contribution is -0.144. The van der Waals surface area contributed by atoms with Crippen molar-refractivity contribution in [2.24, 2.45) is 5.92 Å². The predicted octanol–water partition coefficient (Wildman–Crippen LogP) is 6.87. The number of carbonyl (C=O) groups is 1. The zero-order valence-electron chi connectivity index (χ0n) is 20.5. The van der Waals surface area contributed by atoms with Crippen molar-refractivity contribution >= 4 is 17.7 Å². The van der Waals surface area contributed by atoms with Gasteiger partial charge in [-0.25, -0.2) is 14.8 Å². The molecule has 0 radical (unpaired) electrons. The lowest BCUT2D eigenvalue weighted by atomic mass is 9.90. The highest BCUT2D eigenvalue weighted by molar-refractivity contribution is 6.32. The maximum absolute atomic E-state index is 12.9. The predicted molar refractivity (Wildman–Crippen MR) is 125 cm³/mol. The van der Waals surface area contributed by atoms with Crippen LogP contribution in [-0.2, 0) is 10.9 Å². The van der Waals surface area contributed by atoms with Crippen molar-refractivity contribution in [2.45, 2.75) is 65.3 Å². The van der Waals surface area contributed by atoms with Crippen LogP contribution in [0.4, 0.5) is 18.0 Å². The SMILES string of the molecule is CC(C)C[C@@](C)(COc1ccc(-c2ccnc(C(F)(F)F)n2)cc1Cl)N(C)C(=O)OC(C)(C)C. The van der Waals surface area contributed by atoms with E-state index in [4.69, 9.17) is 21.1 Å². The topological polar surface area (TPSA) is 64.6 Å². The van der Waals surface area contributed by atoms with Gasteiger partial charge in [0.1, 0.15) is 18.0 Å². The summed E-state index contributed by atoms with van der Waals surface area (Å²) in [6.45, 7) is 11.5. The molecule has 0 fully saturated rings. The number of rotatable bonds is 7. The number of hydrogen-bond donors (Lipinski definition) is 0. The van der Waals surface area contributed by atoms with Crippen molar-refractivity contribution in [3.05, 3.63) is 41.3 Å². The minimum Gasteiger partial charge on any atom is -0.490 e. The van der Waals surface area contributed by atoms with Crippen molar-refractivity contribution < 1.29 is 27.4 Å². The summed E-state index contributed by atoms with van der Waals surface area (Å²) in [4.78, 5) is 21.1. The quantitative estimate of drug-likeness (QED) is 0.414. The molecule has 1 aromatic carbocycles. The van der Waals surface area contributed by atoms with E-state index in [2.05, 4.69) is 9.97 Å². The summed E-state index contributed by atoms with van der Waals surface area (Å²) in [7, 11) is 1.66. The van der Waals surface area contributed by atoms with Gasteiger partial charge in [-0.15, -0.1) is 0 Å². The largest absolute Gasteiger partial charge is 0.490 e. The molecule has 0 spiro atoms. The molecule has 0 aliphatic rings. The van der Waals surface area contributed by atoms with Gasteiger partial charge in [0.05, 0.1) is 16.3 Å². The molecule has 0 aliphatic carbocycles. The average molecular weight is 502 g/mol. The monoisotopic (exact) mass is 501 g/mol. The maximum Gasteiger partial charge on any atom is 0.451 e. The molecule has 1 heterocycles. The molecule has 6 nitrogen and oxygen atoms in total. The maximum atomic E-state index is 12.9. The number of likely N-dealkylation sites (N-methyl/N-ethyl adjacent to an activating group) is 1. The van der Waals surface area contributed by atoms with Gasteiger partial charge in [0.25, 0.3) is 0 Å². The zero-order chi connectivity index (χ0) is 25.9. The number of benzene rings is 1. The van der Waals surface area contributed by atoms with Crippen LogP contribution in [0.5, 0.6) is 5.75 Å². The van der Waals surface area contributed by atoms with Gasteiger partial charge in [-0.1, -0.05) is 25.4 Å². The summed E-state index contributed by atoms with van der Waals surface area (Å²) in [5, 5.41) is 0.205. The normalized spacial score (nSPS) is 14.0. The van der Waals surface area contributed by atoms with Crippen molar-refractivity contribution in [3.63, 3.8) is 0 Å². The smallest absolute Gasteiger partial charge is 0.451 e. The van der Waals surface area contributed by atoms with Crippen LogP contribution in [0, 0.1) is 5.92 Å². The van der Waals surface area contributed by atoms with Crippen LogP contribution in [0.25, 0.3) is 11.3 Å².